The van der Waals surface area contributed by atoms with Gasteiger partial charge >= 0.3 is 8.60 Å². The number of hydrogen-bond acceptors (Lipinski definition) is 12. The van der Waals surface area contributed by atoms with E-state index >= 15 is 0 Å². The topological polar surface area (TPSA) is 182 Å². The molecule has 12 nitrogen and oxygen atoms in total. The predicted octanol–water partition coefficient (Wildman–Crippen LogP) is 2.35. The zero-order valence-electron chi connectivity index (χ0n) is 15.6. The second-order valence-corrected chi connectivity index (χ2v) is 5.33. The van der Waals surface area contributed by atoms with Crippen LogP contribution in [0.3, 0.4) is 0 Å². The second-order valence-electron chi connectivity index (χ2n) is 3.60. The Kier molecular flexibility index (Phi) is 38.1. The average molecular weight is 442 g/mol. The third-order valence-electron chi connectivity index (χ3n) is 2.15. The summed E-state index contributed by atoms with van der Waals surface area (Å²) in [5.41, 5.74) is 1.25. The van der Waals surface area contributed by atoms with Crippen molar-refractivity contribution < 1.29 is 51.2 Å². The fourth-order valence-electron chi connectivity index (χ4n) is 0.539. The van der Waals surface area contributed by atoms with Crippen LogP contribution < -0.4 is 0 Å². The Morgan fingerprint density at radius 2 is 0.808 bits per heavy atom. The third-order valence-corrected chi connectivity index (χ3v) is 3.15. The van der Waals surface area contributed by atoms with Crippen molar-refractivity contribution >= 4 is 31.4 Å². The molecule has 0 bridgehead atoms. The predicted molar refractivity (Wildman–Crippen MR) is 93.9 cm³/mol. The quantitative estimate of drug-likeness (QED) is 0.164. The second kappa shape index (κ2) is 28.0. The Morgan fingerprint density at radius 1 is 0.654 bits per heavy atom. The van der Waals surface area contributed by atoms with Crippen molar-refractivity contribution in [3.63, 3.8) is 0 Å². The first-order valence-corrected chi connectivity index (χ1v) is 7.48. The molecule has 0 unspecified atom stereocenters. The molecule has 0 aliphatic carbocycles. The van der Waals surface area contributed by atoms with Gasteiger partial charge in [-0.15, -0.1) is 0 Å². The molecule has 0 atom stereocenters. The Balaban J connectivity index is -0.0000000795. The van der Waals surface area contributed by atoms with Gasteiger partial charge in [0.1, 0.15) is 22.8 Å². The van der Waals surface area contributed by atoms with Gasteiger partial charge in [0.05, 0.1) is 21.3 Å². The molecular formula is C12H26CoN5O7P. The van der Waals surface area contributed by atoms with E-state index in [4.69, 9.17) is 46.2 Å². The van der Waals surface area contributed by atoms with E-state index in [-0.39, 0.29) is 16.8 Å². The van der Waals surface area contributed by atoms with Crippen LogP contribution in [0.2, 0.25) is 0 Å². The summed E-state index contributed by atoms with van der Waals surface area (Å²) in [5.74, 6) is 0. The molecule has 0 saturated heterocycles. The van der Waals surface area contributed by atoms with Gasteiger partial charge in [0.15, 0.2) is 0 Å². The van der Waals surface area contributed by atoms with Gasteiger partial charge in [-0.25, -0.2) is 0 Å². The maximum absolute atomic E-state index is 8.03. The van der Waals surface area contributed by atoms with E-state index in [1.807, 2.05) is 0 Å². The molecule has 155 valence electrons. The van der Waals surface area contributed by atoms with Crippen molar-refractivity contribution in [1.29, 1.82) is 5.26 Å². The van der Waals surface area contributed by atoms with E-state index in [2.05, 4.69) is 20.6 Å². The van der Waals surface area contributed by atoms with Gasteiger partial charge in [0.25, 0.3) is 0 Å². The molecule has 0 heterocycles. The Labute approximate surface area is 164 Å². The van der Waals surface area contributed by atoms with Crippen LogP contribution in [-0.2, 0) is 30.4 Å². The average Bonchev–Trinajstić information content (AvgIpc) is 2.69. The summed E-state index contributed by atoms with van der Waals surface area (Å²) in [6, 6.07) is 0. The Hall–Kier alpha value is -1.81. The molecule has 0 aromatic rings. The van der Waals surface area contributed by atoms with Crippen LogP contribution in [0.5, 0.6) is 0 Å². The number of rotatable bonds is 5. The van der Waals surface area contributed by atoms with Crippen molar-refractivity contribution in [2.45, 2.75) is 27.7 Å². The molecule has 1 radical (unpaired) electrons. The van der Waals surface area contributed by atoms with Gasteiger partial charge in [-0.1, -0.05) is 20.6 Å². The van der Waals surface area contributed by atoms with Gasteiger partial charge in [-0.2, -0.15) is 13.6 Å². The van der Waals surface area contributed by atoms with Crippen molar-refractivity contribution in [3.05, 3.63) is 6.57 Å². The molecule has 0 rings (SSSR count). The van der Waals surface area contributed by atoms with Gasteiger partial charge in [-0.05, 0) is 27.7 Å². The standard InChI is InChI=1S/2C4H8N2O2.C3H10O3P.CN.Co/c2*1-3(5-7)4(2)6-8;1-4-7(5-2)6-3;1-2;/h2*7-8H,1-2H3;7H,1-3H3;;/q;;+1;-1;/b2*5-3+,6-4+;;;. The fourth-order valence-corrected chi connectivity index (χ4v) is 1.04. The number of hydrogen-bond donors (Lipinski definition) is 4. The maximum atomic E-state index is 8.03. The zero-order chi connectivity index (χ0) is 20.8. The maximum Gasteiger partial charge on any atom is 0.397 e. The van der Waals surface area contributed by atoms with Crippen molar-refractivity contribution in [2.24, 2.45) is 20.6 Å². The first-order chi connectivity index (χ1) is 11.8. The summed E-state index contributed by atoms with van der Waals surface area (Å²) in [6.07, 6.45) is 0. The van der Waals surface area contributed by atoms with E-state index in [0.29, 0.717) is 22.8 Å². The Bertz CT molecular complexity index is 385. The van der Waals surface area contributed by atoms with E-state index in [1.54, 1.807) is 21.3 Å². The molecule has 0 saturated carbocycles. The molecule has 26 heavy (non-hydrogen) atoms. The molecular weight excluding hydrogens is 416 g/mol. The smallest absolute Gasteiger partial charge is 0.397 e. The van der Waals surface area contributed by atoms with Crippen LogP contribution in [0, 0.1) is 11.8 Å². The SMILES string of the molecule is CC(=N\O)/C(C)=N/O.CC(=N\O)/C(C)=N/O.CO[PH+](OC)OC.[C-]#N.[Co]. The van der Waals surface area contributed by atoms with E-state index in [9.17, 15) is 0 Å². The summed E-state index contributed by atoms with van der Waals surface area (Å²) < 4.78 is 14.1. The van der Waals surface area contributed by atoms with Crippen molar-refractivity contribution in [2.75, 3.05) is 21.3 Å². The summed E-state index contributed by atoms with van der Waals surface area (Å²) in [4.78, 5) is 0. The molecule has 0 aromatic heterocycles. The van der Waals surface area contributed by atoms with Gasteiger partial charge in [0, 0.05) is 16.8 Å². The monoisotopic (exact) mass is 442 g/mol. The summed E-state index contributed by atoms with van der Waals surface area (Å²) in [6.45, 7) is 10.9. The van der Waals surface area contributed by atoms with Crippen LogP contribution >= 0.6 is 8.60 Å². The Morgan fingerprint density at radius 3 is 0.846 bits per heavy atom. The number of nitrogens with zero attached hydrogens (tertiary/aromatic N) is 5. The molecule has 0 aliphatic heterocycles. The van der Waals surface area contributed by atoms with Gasteiger partial charge < -0.3 is 32.7 Å². The van der Waals surface area contributed by atoms with Crippen LogP contribution in [0.15, 0.2) is 20.6 Å². The summed E-state index contributed by atoms with van der Waals surface area (Å²) in [7, 11) is 3.31. The minimum absolute atomic E-state index is 0. The third kappa shape index (κ3) is 24.4. The van der Waals surface area contributed by atoms with Gasteiger partial charge in [-0.3, -0.25) is 0 Å². The first kappa shape index (κ1) is 35.3. The normalized spacial score (nSPS) is 11.6. The van der Waals surface area contributed by atoms with Crippen molar-refractivity contribution in [1.82, 2.24) is 0 Å². The molecule has 14 heteroatoms. The molecule has 4 N–H and O–H groups in total. The molecule has 0 aliphatic rings. The molecule has 0 aromatic carbocycles. The van der Waals surface area contributed by atoms with Crippen LogP contribution in [0.1, 0.15) is 27.7 Å². The minimum atomic E-state index is -1.36. The fraction of sp³-hybridized carbons (Fsp3) is 0.583. The van der Waals surface area contributed by atoms with Crippen LogP contribution in [0.25, 0.3) is 0 Å². The molecule has 0 fully saturated rings. The summed E-state index contributed by atoms with van der Waals surface area (Å²) >= 11 is 0. The van der Waals surface area contributed by atoms with Crippen LogP contribution in [-0.4, -0.2) is 65.0 Å². The minimum Gasteiger partial charge on any atom is -0.512 e. The zero-order valence-corrected chi connectivity index (χ0v) is 17.6. The molecule has 0 spiro atoms. The largest absolute Gasteiger partial charge is 0.512 e. The van der Waals surface area contributed by atoms with Crippen LogP contribution in [0.4, 0.5) is 0 Å². The first-order valence-electron chi connectivity index (χ1n) is 6.26. The summed E-state index contributed by atoms with van der Waals surface area (Å²) in [5, 5.41) is 49.5. The van der Waals surface area contributed by atoms with Crippen molar-refractivity contribution in [3.8, 4) is 0 Å². The molecule has 0 amide bonds. The van der Waals surface area contributed by atoms with E-state index in [0.717, 1.165) is 0 Å². The van der Waals surface area contributed by atoms with E-state index in [1.165, 1.54) is 27.7 Å². The van der Waals surface area contributed by atoms with Gasteiger partial charge in [0.2, 0.25) is 0 Å². The van der Waals surface area contributed by atoms with E-state index < -0.39 is 8.60 Å². The number of oxime groups is 4.